The third kappa shape index (κ3) is 2.89. The van der Waals surface area contributed by atoms with Crippen LogP contribution in [0, 0.1) is 13.8 Å². The Bertz CT molecular complexity index is 1070. The molecule has 3 N–H and O–H groups in total. The van der Waals surface area contributed by atoms with Crippen molar-refractivity contribution in [3.05, 3.63) is 65.4 Å². The summed E-state index contributed by atoms with van der Waals surface area (Å²) in [6, 6.07) is 15.1. The van der Waals surface area contributed by atoms with E-state index in [1.165, 1.54) is 44.2 Å². The van der Waals surface area contributed by atoms with Gasteiger partial charge < -0.3 is 10.7 Å². The first-order chi connectivity index (χ1) is 12.7. The van der Waals surface area contributed by atoms with E-state index in [1.807, 2.05) is 12.3 Å². The lowest BCUT2D eigenvalue weighted by Crippen LogP contribution is -1.99. The van der Waals surface area contributed by atoms with E-state index in [4.69, 9.17) is 5.73 Å². The van der Waals surface area contributed by atoms with Gasteiger partial charge in [-0.15, -0.1) is 0 Å². The quantitative estimate of drug-likeness (QED) is 0.484. The molecule has 0 amide bonds. The van der Waals surface area contributed by atoms with Crippen molar-refractivity contribution in [2.75, 3.05) is 6.54 Å². The number of aryl methyl sites for hydroxylation is 3. The fourth-order valence-electron chi connectivity index (χ4n) is 4.03. The fraction of sp³-hybridized carbons (Fsp3) is 0.261. The number of para-hydroxylation sites is 1. The number of unbranched alkanes of at least 4 members (excludes halogenated alkanes) is 1. The molecule has 0 saturated heterocycles. The van der Waals surface area contributed by atoms with E-state index in [9.17, 15) is 0 Å². The van der Waals surface area contributed by atoms with Crippen LogP contribution >= 0.6 is 0 Å². The third-order valence-electron chi connectivity index (χ3n) is 5.13. The Hall–Kier alpha value is -2.65. The van der Waals surface area contributed by atoms with E-state index in [0.717, 1.165) is 31.3 Å². The van der Waals surface area contributed by atoms with Crippen LogP contribution < -0.4 is 5.73 Å². The van der Waals surface area contributed by atoms with Gasteiger partial charge in [0.2, 0.25) is 0 Å². The number of hydrogen-bond donors (Lipinski definition) is 2. The minimum absolute atomic E-state index is 0.742. The van der Waals surface area contributed by atoms with Gasteiger partial charge in [0.15, 0.2) is 0 Å². The smallest absolute Gasteiger partial charge is 0.0795 e. The average molecular weight is 343 g/mol. The van der Waals surface area contributed by atoms with Crippen molar-refractivity contribution < 1.29 is 0 Å². The number of pyridine rings is 1. The summed E-state index contributed by atoms with van der Waals surface area (Å²) in [6.45, 7) is 5.10. The van der Waals surface area contributed by atoms with Crippen LogP contribution in [0.15, 0.2) is 48.7 Å². The van der Waals surface area contributed by atoms with Crippen LogP contribution in [0.4, 0.5) is 0 Å². The summed E-state index contributed by atoms with van der Waals surface area (Å²) < 4.78 is 0. The highest BCUT2D eigenvalue weighted by Gasteiger charge is 2.17. The predicted molar refractivity (Wildman–Crippen MR) is 111 cm³/mol. The van der Waals surface area contributed by atoms with Gasteiger partial charge in [-0.1, -0.05) is 30.3 Å². The van der Waals surface area contributed by atoms with Crippen LogP contribution in [0.25, 0.3) is 33.1 Å². The molecule has 0 spiro atoms. The molecule has 0 aliphatic carbocycles. The lowest BCUT2D eigenvalue weighted by molar-refractivity contribution is 0.748. The zero-order valence-electron chi connectivity index (χ0n) is 15.5. The second kappa shape index (κ2) is 6.93. The van der Waals surface area contributed by atoms with E-state index in [-0.39, 0.29) is 0 Å². The Balaban J connectivity index is 1.98. The number of nitrogens with one attached hydrogen (secondary N) is 1. The fourth-order valence-corrected chi connectivity index (χ4v) is 4.03. The second-order valence-electron chi connectivity index (χ2n) is 7.11. The van der Waals surface area contributed by atoms with E-state index in [1.54, 1.807) is 0 Å². The van der Waals surface area contributed by atoms with Crippen molar-refractivity contribution in [1.29, 1.82) is 0 Å². The number of nitrogens with zero attached hydrogens (tertiary/aromatic N) is 1. The molecule has 2 heterocycles. The summed E-state index contributed by atoms with van der Waals surface area (Å²) >= 11 is 0. The monoisotopic (exact) mass is 343 g/mol. The number of aromatic amines is 1. The Morgan fingerprint density at radius 1 is 1.04 bits per heavy atom. The van der Waals surface area contributed by atoms with E-state index in [2.05, 4.69) is 60.2 Å². The first-order valence-electron chi connectivity index (χ1n) is 9.35. The van der Waals surface area contributed by atoms with Gasteiger partial charge in [-0.3, -0.25) is 4.98 Å². The Labute approximate surface area is 154 Å². The molecule has 3 nitrogen and oxygen atoms in total. The van der Waals surface area contributed by atoms with Crippen LogP contribution in [-0.4, -0.2) is 16.5 Å². The maximum Gasteiger partial charge on any atom is 0.0795 e. The lowest BCUT2D eigenvalue weighted by atomic mass is 9.96. The van der Waals surface area contributed by atoms with Gasteiger partial charge in [-0.05, 0) is 68.5 Å². The molecule has 0 atom stereocenters. The zero-order valence-corrected chi connectivity index (χ0v) is 15.5. The average Bonchev–Trinajstić information content (AvgIpc) is 3.00. The van der Waals surface area contributed by atoms with Gasteiger partial charge in [0.1, 0.15) is 0 Å². The first-order valence-corrected chi connectivity index (χ1v) is 9.35. The van der Waals surface area contributed by atoms with Crippen molar-refractivity contribution >= 4 is 21.8 Å². The highest BCUT2D eigenvalue weighted by atomic mass is 14.7. The molecule has 0 bridgehead atoms. The molecular weight excluding hydrogens is 318 g/mol. The molecule has 3 heteroatoms. The molecule has 2 aromatic carbocycles. The maximum atomic E-state index is 5.74. The zero-order chi connectivity index (χ0) is 18.1. The third-order valence-corrected chi connectivity index (χ3v) is 5.13. The van der Waals surface area contributed by atoms with Crippen molar-refractivity contribution in [2.45, 2.75) is 33.1 Å². The maximum absolute atomic E-state index is 5.74. The van der Waals surface area contributed by atoms with Crippen molar-refractivity contribution in [1.82, 2.24) is 9.97 Å². The van der Waals surface area contributed by atoms with Crippen molar-refractivity contribution in [3.63, 3.8) is 0 Å². The van der Waals surface area contributed by atoms with Crippen LogP contribution in [0.3, 0.4) is 0 Å². The van der Waals surface area contributed by atoms with E-state index in [0.29, 0.717) is 0 Å². The molecule has 26 heavy (non-hydrogen) atoms. The summed E-state index contributed by atoms with van der Waals surface area (Å²) in [5.41, 5.74) is 14.4. The van der Waals surface area contributed by atoms with Crippen molar-refractivity contribution in [2.24, 2.45) is 5.73 Å². The molecule has 0 aliphatic heterocycles. The van der Waals surface area contributed by atoms with Crippen LogP contribution in [-0.2, 0) is 6.42 Å². The molecule has 4 aromatic rings. The number of aromatic nitrogens is 2. The summed E-state index contributed by atoms with van der Waals surface area (Å²) in [6.07, 6.45) is 5.05. The topological polar surface area (TPSA) is 54.7 Å². The molecule has 0 saturated carbocycles. The predicted octanol–water partition coefficient (Wildman–Crippen LogP) is 5.28. The Morgan fingerprint density at radius 3 is 2.73 bits per heavy atom. The SMILES string of the molecule is Cc1cc(C)c2c(CCCCN)c(-c3cccc4cccnc34)[nH]c2c1. The summed E-state index contributed by atoms with van der Waals surface area (Å²) in [5, 5.41) is 2.53. The van der Waals surface area contributed by atoms with Gasteiger partial charge in [-0.25, -0.2) is 0 Å². The minimum Gasteiger partial charge on any atom is -0.354 e. The highest BCUT2D eigenvalue weighted by Crippen LogP contribution is 2.36. The first kappa shape index (κ1) is 16.8. The molecule has 2 aromatic heterocycles. The molecule has 0 unspecified atom stereocenters. The van der Waals surface area contributed by atoms with Crippen molar-refractivity contribution in [3.8, 4) is 11.3 Å². The lowest BCUT2D eigenvalue weighted by Gasteiger charge is -2.09. The standard InChI is InChI=1S/C23H25N3/c1-15-13-16(2)21-18(9-3-4-11-24)23(26-20(21)14-15)19-10-5-7-17-8-6-12-25-22(17)19/h5-8,10,12-14,26H,3-4,9,11,24H2,1-2H3. The number of H-pyrrole nitrogens is 1. The largest absolute Gasteiger partial charge is 0.354 e. The van der Waals surface area contributed by atoms with Gasteiger partial charge in [0, 0.05) is 28.0 Å². The highest BCUT2D eigenvalue weighted by molar-refractivity contribution is 5.99. The van der Waals surface area contributed by atoms with Gasteiger partial charge >= 0.3 is 0 Å². The molecule has 0 aliphatic rings. The van der Waals surface area contributed by atoms with Crippen LogP contribution in [0.5, 0.6) is 0 Å². The Morgan fingerprint density at radius 2 is 1.88 bits per heavy atom. The molecule has 132 valence electrons. The molecular formula is C23H25N3. The van der Waals surface area contributed by atoms with Gasteiger partial charge in [0.25, 0.3) is 0 Å². The number of benzene rings is 2. The minimum atomic E-state index is 0.742. The number of nitrogens with two attached hydrogens (primary N) is 1. The number of rotatable bonds is 5. The van der Waals surface area contributed by atoms with E-state index < -0.39 is 0 Å². The van der Waals surface area contributed by atoms with Gasteiger partial charge in [-0.2, -0.15) is 0 Å². The molecule has 0 radical (unpaired) electrons. The van der Waals surface area contributed by atoms with E-state index >= 15 is 0 Å². The second-order valence-corrected chi connectivity index (χ2v) is 7.11. The molecule has 4 rings (SSSR count). The number of hydrogen-bond acceptors (Lipinski definition) is 2. The molecule has 0 fully saturated rings. The summed E-state index contributed by atoms with van der Waals surface area (Å²) in [7, 11) is 0. The Kier molecular flexibility index (Phi) is 4.48. The normalized spacial score (nSPS) is 11.5. The summed E-state index contributed by atoms with van der Waals surface area (Å²) in [5.74, 6) is 0. The van der Waals surface area contributed by atoms with Crippen LogP contribution in [0.2, 0.25) is 0 Å². The summed E-state index contributed by atoms with van der Waals surface area (Å²) in [4.78, 5) is 8.38. The van der Waals surface area contributed by atoms with Crippen LogP contribution in [0.1, 0.15) is 29.5 Å². The van der Waals surface area contributed by atoms with Gasteiger partial charge in [0.05, 0.1) is 11.2 Å². The number of fused-ring (bicyclic) bond motifs is 2.